The maximum atomic E-state index is 12.1. The third-order valence-electron chi connectivity index (χ3n) is 2.24. The van der Waals surface area contributed by atoms with Crippen LogP contribution < -0.4 is 0 Å². The molecule has 2 amide bonds. The van der Waals surface area contributed by atoms with Gasteiger partial charge < -0.3 is 0 Å². The molecule has 1 aliphatic rings. The Morgan fingerprint density at radius 2 is 1.87 bits per heavy atom. The Bertz CT molecular complexity index is 447. The number of halogens is 2. The van der Waals surface area contributed by atoms with Crippen LogP contribution in [0.15, 0.2) is 18.2 Å². The Kier molecular flexibility index (Phi) is 2.72. The van der Waals surface area contributed by atoms with Crippen LogP contribution in [0.3, 0.4) is 0 Å². The van der Waals surface area contributed by atoms with E-state index in [1.54, 1.807) is 18.2 Å². The van der Waals surface area contributed by atoms with Crippen LogP contribution in [0.5, 0.6) is 0 Å². The molecule has 0 atom stereocenters. The molecule has 0 unspecified atom stereocenters. The van der Waals surface area contributed by atoms with Crippen molar-refractivity contribution in [2.75, 3.05) is 13.2 Å². The number of rotatable bonds is 2. The van der Waals surface area contributed by atoms with E-state index < -0.39 is 18.5 Å². The predicted octanol–water partition coefficient (Wildman–Crippen LogP) is 1.86. The van der Waals surface area contributed by atoms with Crippen molar-refractivity contribution in [2.45, 2.75) is 0 Å². The van der Waals surface area contributed by atoms with E-state index in [0.717, 1.165) is 8.47 Å². The summed E-state index contributed by atoms with van der Waals surface area (Å²) in [6.07, 6.45) is 0. The highest BCUT2D eigenvalue weighted by atomic mass is 127. The summed E-state index contributed by atoms with van der Waals surface area (Å²) in [7, 11) is 0. The summed E-state index contributed by atoms with van der Waals surface area (Å²) >= 11 is 2.06. The highest BCUT2D eigenvalue weighted by Crippen LogP contribution is 2.24. The number of carbonyl (C=O) groups excluding carboxylic acids is 2. The number of nitrogens with zero attached hydrogens (tertiary/aromatic N) is 1. The quantitative estimate of drug-likeness (QED) is 0.616. The van der Waals surface area contributed by atoms with Gasteiger partial charge in [0.1, 0.15) is 6.67 Å². The Morgan fingerprint density at radius 1 is 1.20 bits per heavy atom. The van der Waals surface area contributed by atoms with Crippen molar-refractivity contribution in [1.29, 1.82) is 0 Å². The fraction of sp³-hybridized carbons (Fsp3) is 0.200. The topological polar surface area (TPSA) is 37.4 Å². The van der Waals surface area contributed by atoms with Gasteiger partial charge in [-0.15, -0.1) is 0 Å². The summed E-state index contributed by atoms with van der Waals surface area (Å²) in [4.78, 5) is 24.3. The van der Waals surface area contributed by atoms with Gasteiger partial charge in [-0.1, -0.05) is 0 Å². The zero-order valence-corrected chi connectivity index (χ0v) is 9.82. The summed E-state index contributed by atoms with van der Waals surface area (Å²) in [5.41, 5.74) is 0.745. The van der Waals surface area contributed by atoms with Crippen LogP contribution in [0, 0.1) is 3.57 Å². The van der Waals surface area contributed by atoms with Crippen LogP contribution >= 0.6 is 22.6 Å². The molecule has 0 bridgehead atoms. The van der Waals surface area contributed by atoms with Gasteiger partial charge in [-0.25, -0.2) is 4.39 Å². The van der Waals surface area contributed by atoms with Crippen LogP contribution in [0.1, 0.15) is 20.7 Å². The van der Waals surface area contributed by atoms with E-state index in [2.05, 4.69) is 22.6 Å². The zero-order chi connectivity index (χ0) is 11.0. The molecular formula is C10H7FINO2. The lowest BCUT2D eigenvalue weighted by Gasteiger charge is -2.09. The lowest BCUT2D eigenvalue weighted by Crippen LogP contribution is -2.31. The Balaban J connectivity index is 2.46. The lowest BCUT2D eigenvalue weighted by atomic mass is 10.1. The first-order chi connectivity index (χ1) is 7.15. The highest BCUT2D eigenvalue weighted by Gasteiger charge is 2.34. The molecule has 0 saturated carbocycles. The number of imide groups is 1. The van der Waals surface area contributed by atoms with Gasteiger partial charge in [0.2, 0.25) is 0 Å². The van der Waals surface area contributed by atoms with Gasteiger partial charge in [0.15, 0.2) is 0 Å². The summed E-state index contributed by atoms with van der Waals surface area (Å²) < 4.78 is 13.0. The van der Waals surface area contributed by atoms with Crippen LogP contribution in [0.4, 0.5) is 4.39 Å². The summed E-state index contributed by atoms with van der Waals surface area (Å²) in [5, 5.41) is 0. The molecule has 0 radical (unpaired) electrons. The third kappa shape index (κ3) is 1.64. The van der Waals surface area contributed by atoms with Gasteiger partial charge in [0, 0.05) is 3.57 Å². The van der Waals surface area contributed by atoms with Gasteiger partial charge in [-0.2, -0.15) is 0 Å². The van der Waals surface area contributed by atoms with Gasteiger partial charge in [0.25, 0.3) is 11.8 Å². The summed E-state index contributed by atoms with van der Waals surface area (Å²) in [6, 6.07) is 5.01. The van der Waals surface area contributed by atoms with Gasteiger partial charge in [0.05, 0.1) is 17.7 Å². The average Bonchev–Trinajstić information content (AvgIpc) is 2.44. The first kappa shape index (κ1) is 10.5. The smallest absolute Gasteiger partial charge is 0.261 e. The van der Waals surface area contributed by atoms with Gasteiger partial charge in [-0.05, 0) is 40.8 Å². The fourth-order valence-corrected chi connectivity index (χ4v) is 2.04. The molecule has 5 heteroatoms. The largest absolute Gasteiger partial charge is 0.272 e. The van der Waals surface area contributed by atoms with Crippen LogP contribution in [-0.4, -0.2) is 29.9 Å². The van der Waals surface area contributed by atoms with Crippen LogP contribution in [0.2, 0.25) is 0 Å². The molecule has 78 valence electrons. The average molecular weight is 319 g/mol. The minimum atomic E-state index is -0.706. The van der Waals surface area contributed by atoms with Gasteiger partial charge in [-0.3, -0.25) is 14.5 Å². The van der Waals surface area contributed by atoms with Crippen molar-refractivity contribution in [1.82, 2.24) is 4.90 Å². The molecule has 1 aromatic carbocycles. The minimum Gasteiger partial charge on any atom is -0.272 e. The zero-order valence-electron chi connectivity index (χ0n) is 7.67. The molecule has 0 saturated heterocycles. The van der Waals surface area contributed by atoms with E-state index in [0.29, 0.717) is 11.1 Å². The Morgan fingerprint density at radius 3 is 2.53 bits per heavy atom. The van der Waals surface area contributed by atoms with E-state index in [9.17, 15) is 14.0 Å². The number of fused-ring (bicyclic) bond motifs is 1. The number of benzene rings is 1. The molecule has 0 fully saturated rings. The number of amides is 2. The van der Waals surface area contributed by atoms with Crippen molar-refractivity contribution in [3.63, 3.8) is 0 Å². The molecule has 0 aromatic heterocycles. The summed E-state index contributed by atoms with van der Waals surface area (Å²) in [6.45, 7) is -0.870. The van der Waals surface area contributed by atoms with Crippen molar-refractivity contribution in [3.05, 3.63) is 32.9 Å². The second-order valence-electron chi connectivity index (χ2n) is 3.14. The molecule has 1 aliphatic heterocycles. The predicted molar refractivity (Wildman–Crippen MR) is 60.5 cm³/mol. The Labute approximate surface area is 99.4 Å². The summed E-state index contributed by atoms with van der Waals surface area (Å²) in [5.74, 6) is -0.796. The van der Waals surface area contributed by atoms with E-state index in [1.807, 2.05) is 0 Å². The standard InChI is InChI=1S/C10H7FINO2/c11-3-4-13-9(14)7-2-1-6(12)5-8(7)10(13)15/h1-2,5H,3-4H2. The second-order valence-corrected chi connectivity index (χ2v) is 4.39. The third-order valence-corrected chi connectivity index (χ3v) is 2.91. The fourth-order valence-electron chi connectivity index (χ4n) is 1.55. The molecule has 0 spiro atoms. The van der Waals surface area contributed by atoms with E-state index in [-0.39, 0.29) is 6.54 Å². The molecule has 1 aromatic rings. The Hall–Kier alpha value is -0.980. The molecule has 15 heavy (non-hydrogen) atoms. The maximum absolute atomic E-state index is 12.1. The molecule has 0 aliphatic carbocycles. The van der Waals surface area contributed by atoms with Gasteiger partial charge >= 0.3 is 0 Å². The number of carbonyl (C=O) groups is 2. The molecule has 1 heterocycles. The van der Waals surface area contributed by atoms with Crippen LogP contribution in [-0.2, 0) is 0 Å². The van der Waals surface area contributed by atoms with Crippen molar-refractivity contribution < 1.29 is 14.0 Å². The molecule has 0 N–H and O–H groups in total. The number of alkyl halides is 1. The van der Waals surface area contributed by atoms with E-state index >= 15 is 0 Å². The van der Waals surface area contributed by atoms with E-state index in [4.69, 9.17) is 0 Å². The first-order valence-corrected chi connectivity index (χ1v) is 5.44. The van der Waals surface area contributed by atoms with E-state index in [1.165, 1.54) is 0 Å². The minimum absolute atomic E-state index is 0.164. The SMILES string of the molecule is O=C1c2ccc(I)cc2C(=O)N1CCF. The maximum Gasteiger partial charge on any atom is 0.261 e. The van der Waals surface area contributed by atoms with Crippen molar-refractivity contribution in [3.8, 4) is 0 Å². The number of hydrogen-bond acceptors (Lipinski definition) is 2. The normalized spacial score (nSPS) is 14.7. The molecule has 2 rings (SSSR count). The molecule has 3 nitrogen and oxygen atoms in total. The lowest BCUT2D eigenvalue weighted by molar-refractivity contribution is 0.0644. The first-order valence-electron chi connectivity index (χ1n) is 4.37. The molecular weight excluding hydrogens is 312 g/mol. The van der Waals surface area contributed by atoms with Crippen molar-refractivity contribution >= 4 is 34.4 Å². The number of hydrogen-bond donors (Lipinski definition) is 0. The highest BCUT2D eigenvalue weighted by molar-refractivity contribution is 14.1. The van der Waals surface area contributed by atoms with Crippen LogP contribution in [0.25, 0.3) is 0 Å². The second kappa shape index (κ2) is 3.88. The van der Waals surface area contributed by atoms with Crippen molar-refractivity contribution in [2.24, 2.45) is 0 Å². The monoisotopic (exact) mass is 319 g/mol.